The van der Waals surface area contributed by atoms with Crippen LogP contribution in [0.3, 0.4) is 0 Å². The fourth-order valence-corrected chi connectivity index (χ4v) is 4.93. The van der Waals surface area contributed by atoms with Crippen molar-refractivity contribution in [1.29, 1.82) is 0 Å². The van der Waals surface area contributed by atoms with E-state index in [1.54, 1.807) is 13.8 Å². The Morgan fingerprint density at radius 2 is 1.71 bits per heavy atom. The van der Waals surface area contributed by atoms with E-state index in [1.165, 1.54) is 47.6 Å². The van der Waals surface area contributed by atoms with Gasteiger partial charge in [0, 0.05) is 50.2 Å². The largest absolute Gasteiger partial charge is 0.378 e. The summed E-state index contributed by atoms with van der Waals surface area (Å²) < 4.78 is 32.1. The summed E-state index contributed by atoms with van der Waals surface area (Å²) in [6.07, 6.45) is 0. The van der Waals surface area contributed by atoms with E-state index in [1.807, 2.05) is 24.3 Å². The van der Waals surface area contributed by atoms with Gasteiger partial charge in [0.1, 0.15) is 0 Å². The summed E-state index contributed by atoms with van der Waals surface area (Å²) in [5.41, 5.74) is 1.89. The second-order valence-corrected chi connectivity index (χ2v) is 10.5. The molecule has 1 N–H and O–H groups in total. The number of nitrogens with zero attached hydrogens (tertiary/aromatic N) is 3. The maximum absolute atomic E-state index is 12.9. The van der Waals surface area contributed by atoms with Gasteiger partial charge in [-0.25, -0.2) is 8.42 Å². The third-order valence-corrected chi connectivity index (χ3v) is 7.77. The molecule has 2 aromatic rings. The minimum absolute atomic E-state index is 0.0350. The van der Waals surface area contributed by atoms with Crippen molar-refractivity contribution in [3.05, 3.63) is 54.1 Å². The number of amides is 2. The summed E-state index contributed by atoms with van der Waals surface area (Å²) in [6, 6.07) is 13.2. The fraction of sp³-hybridized carbons (Fsp3) is 0.417. The number of ether oxygens (including phenoxy) is 1. The lowest BCUT2D eigenvalue weighted by atomic mass is 10.2. The maximum Gasteiger partial charge on any atom is 0.254 e. The van der Waals surface area contributed by atoms with E-state index in [4.69, 9.17) is 4.74 Å². The molecule has 0 aromatic heterocycles. The van der Waals surface area contributed by atoms with Crippen molar-refractivity contribution >= 4 is 33.2 Å². The van der Waals surface area contributed by atoms with Crippen molar-refractivity contribution < 1.29 is 22.7 Å². The Bertz CT molecular complexity index is 1110. The summed E-state index contributed by atoms with van der Waals surface area (Å²) in [4.78, 5) is 28.9. The molecule has 1 aliphatic heterocycles. The number of nitrogens with one attached hydrogen (secondary N) is 1. The van der Waals surface area contributed by atoms with E-state index in [0.717, 1.165) is 18.8 Å². The summed E-state index contributed by atoms with van der Waals surface area (Å²) in [6.45, 7) is 6.42. The Kier molecular flexibility index (Phi) is 8.29. The minimum atomic E-state index is -3.72. The van der Waals surface area contributed by atoms with E-state index in [9.17, 15) is 18.0 Å². The topological polar surface area (TPSA) is 99.3 Å². The molecule has 2 amide bonds. The molecule has 3 rings (SSSR count). The SMILES string of the molecule is CC(C)N(C)S(=O)(=O)c1cccc(C(=O)N(C)CC(=O)Nc2ccc(N3CCOCC3)cc2)c1. The third kappa shape index (κ3) is 6.13. The van der Waals surface area contributed by atoms with Crippen molar-refractivity contribution in [3.8, 4) is 0 Å². The first-order valence-corrected chi connectivity index (χ1v) is 12.6. The first-order chi connectivity index (χ1) is 16.1. The average molecular weight is 489 g/mol. The Balaban J connectivity index is 1.61. The van der Waals surface area contributed by atoms with Gasteiger partial charge in [0.2, 0.25) is 15.9 Å². The molecule has 0 bridgehead atoms. The molecule has 1 aliphatic rings. The van der Waals surface area contributed by atoms with Crippen molar-refractivity contribution in [2.45, 2.75) is 24.8 Å². The number of likely N-dealkylation sites (N-methyl/N-ethyl adjacent to an activating group) is 1. The van der Waals surface area contributed by atoms with Crippen LogP contribution in [0.2, 0.25) is 0 Å². The van der Waals surface area contributed by atoms with Crippen LogP contribution in [0.5, 0.6) is 0 Å². The lowest BCUT2D eigenvalue weighted by Crippen LogP contribution is -2.36. The van der Waals surface area contributed by atoms with Crippen LogP contribution in [0.25, 0.3) is 0 Å². The van der Waals surface area contributed by atoms with Gasteiger partial charge in [-0.3, -0.25) is 9.59 Å². The molecule has 1 fully saturated rings. The molecule has 9 nitrogen and oxygen atoms in total. The molecule has 0 saturated carbocycles. The number of hydrogen-bond donors (Lipinski definition) is 1. The number of sulfonamides is 1. The zero-order valence-electron chi connectivity index (χ0n) is 20.0. The van der Waals surface area contributed by atoms with Gasteiger partial charge >= 0.3 is 0 Å². The van der Waals surface area contributed by atoms with Crippen LogP contribution < -0.4 is 10.2 Å². The molecule has 0 atom stereocenters. The predicted molar refractivity (Wildman–Crippen MR) is 132 cm³/mol. The standard InChI is InChI=1S/C24H32N4O5S/c1-18(2)27(4)34(31,32)22-7-5-6-19(16-22)24(30)26(3)17-23(29)25-20-8-10-21(11-9-20)28-12-14-33-15-13-28/h5-11,16,18H,12-15,17H2,1-4H3,(H,25,29). The average Bonchev–Trinajstić information content (AvgIpc) is 2.84. The van der Waals surface area contributed by atoms with Gasteiger partial charge in [0.15, 0.2) is 0 Å². The first kappa shape index (κ1) is 25.7. The second-order valence-electron chi connectivity index (χ2n) is 8.50. The number of rotatable bonds is 8. The van der Waals surface area contributed by atoms with Crippen LogP contribution in [-0.4, -0.2) is 82.4 Å². The van der Waals surface area contributed by atoms with E-state index in [0.29, 0.717) is 18.9 Å². The number of carbonyl (C=O) groups is 2. The smallest absolute Gasteiger partial charge is 0.254 e. The molecule has 1 saturated heterocycles. The zero-order chi connectivity index (χ0) is 24.9. The van der Waals surface area contributed by atoms with Gasteiger partial charge < -0.3 is 19.9 Å². The zero-order valence-corrected chi connectivity index (χ0v) is 20.8. The van der Waals surface area contributed by atoms with Crippen LogP contribution in [0, 0.1) is 0 Å². The van der Waals surface area contributed by atoms with Crippen LogP contribution >= 0.6 is 0 Å². The molecular formula is C24H32N4O5S. The summed E-state index contributed by atoms with van der Waals surface area (Å²) in [5, 5.41) is 2.79. The Morgan fingerprint density at radius 3 is 2.32 bits per heavy atom. The Morgan fingerprint density at radius 1 is 1.06 bits per heavy atom. The fourth-order valence-electron chi connectivity index (χ4n) is 3.52. The quantitative estimate of drug-likeness (QED) is 0.612. The van der Waals surface area contributed by atoms with Crippen LogP contribution in [0.1, 0.15) is 24.2 Å². The highest BCUT2D eigenvalue weighted by Gasteiger charge is 2.25. The molecule has 34 heavy (non-hydrogen) atoms. The van der Waals surface area contributed by atoms with Crippen molar-refractivity contribution in [1.82, 2.24) is 9.21 Å². The normalized spacial score (nSPS) is 14.4. The van der Waals surface area contributed by atoms with Gasteiger partial charge in [-0.05, 0) is 56.3 Å². The molecule has 1 heterocycles. The summed E-state index contributed by atoms with van der Waals surface area (Å²) in [5.74, 6) is -0.791. The molecule has 0 aliphatic carbocycles. The lowest BCUT2D eigenvalue weighted by Gasteiger charge is -2.28. The number of hydrogen-bond acceptors (Lipinski definition) is 6. The maximum atomic E-state index is 12.9. The van der Waals surface area contributed by atoms with Gasteiger partial charge in [-0.2, -0.15) is 4.31 Å². The molecular weight excluding hydrogens is 456 g/mol. The monoisotopic (exact) mass is 488 g/mol. The number of benzene rings is 2. The Hall–Kier alpha value is -2.95. The number of morpholine rings is 1. The highest BCUT2D eigenvalue weighted by Crippen LogP contribution is 2.20. The number of anilines is 2. The molecule has 0 unspecified atom stereocenters. The van der Waals surface area contributed by atoms with Gasteiger partial charge in [0.25, 0.3) is 5.91 Å². The van der Waals surface area contributed by atoms with Crippen LogP contribution in [0.15, 0.2) is 53.4 Å². The van der Waals surface area contributed by atoms with Gasteiger partial charge in [0.05, 0.1) is 24.7 Å². The van der Waals surface area contributed by atoms with Crippen LogP contribution in [-0.2, 0) is 19.6 Å². The first-order valence-electron chi connectivity index (χ1n) is 11.2. The van der Waals surface area contributed by atoms with Crippen molar-refractivity contribution in [2.75, 3.05) is 57.2 Å². The predicted octanol–water partition coefficient (Wildman–Crippen LogP) is 2.26. The van der Waals surface area contributed by atoms with Crippen molar-refractivity contribution in [3.63, 3.8) is 0 Å². The Labute approximate surface area is 201 Å². The van der Waals surface area contributed by atoms with E-state index < -0.39 is 15.9 Å². The molecule has 0 radical (unpaired) electrons. The molecule has 10 heteroatoms. The van der Waals surface area contributed by atoms with Crippen molar-refractivity contribution in [2.24, 2.45) is 0 Å². The second kappa shape index (κ2) is 11.0. The highest BCUT2D eigenvalue weighted by molar-refractivity contribution is 7.89. The van der Waals surface area contributed by atoms with Crippen LogP contribution in [0.4, 0.5) is 11.4 Å². The van der Waals surface area contributed by atoms with E-state index >= 15 is 0 Å². The third-order valence-electron chi connectivity index (χ3n) is 5.74. The summed E-state index contributed by atoms with van der Waals surface area (Å²) >= 11 is 0. The van der Waals surface area contributed by atoms with Gasteiger partial charge in [-0.1, -0.05) is 6.07 Å². The lowest BCUT2D eigenvalue weighted by molar-refractivity contribution is -0.116. The van der Waals surface area contributed by atoms with E-state index in [2.05, 4.69) is 10.2 Å². The minimum Gasteiger partial charge on any atom is -0.378 e. The highest BCUT2D eigenvalue weighted by atomic mass is 32.2. The van der Waals surface area contributed by atoms with Gasteiger partial charge in [-0.15, -0.1) is 0 Å². The molecule has 0 spiro atoms. The van der Waals surface area contributed by atoms with E-state index in [-0.39, 0.29) is 29.0 Å². The molecule has 2 aromatic carbocycles. The summed E-state index contributed by atoms with van der Waals surface area (Å²) in [7, 11) is -0.719. The number of carbonyl (C=O) groups excluding carboxylic acids is 2. The molecule has 184 valence electrons.